The van der Waals surface area contributed by atoms with Gasteiger partial charge >= 0.3 is 0 Å². The molecule has 0 aliphatic carbocycles. The Morgan fingerprint density at radius 3 is 2.17 bits per heavy atom. The fraction of sp³-hybridized carbons (Fsp3) is 0.500. The summed E-state index contributed by atoms with van der Waals surface area (Å²) in [6.07, 6.45) is 0.467. The van der Waals surface area contributed by atoms with Crippen LogP contribution in [0.15, 0.2) is 6.07 Å². The van der Waals surface area contributed by atoms with Gasteiger partial charge in [-0.25, -0.2) is 8.78 Å². The van der Waals surface area contributed by atoms with Crippen LogP contribution < -0.4 is 10.1 Å². The molecule has 1 N–H and O–H groups in total. The summed E-state index contributed by atoms with van der Waals surface area (Å²) in [6, 6.07) is 0.433. The summed E-state index contributed by atoms with van der Waals surface area (Å²) in [5.74, 6) is -6.96. The summed E-state index contributed by atoms with van der Waals surface area (Å²) in [5.41, 5.74) is 0. The predicted molar refractivity (Wildman–Crippen MR) is 59.5 cm³/mol. The molecule has 6 heteroatoms. The topological polar surface area (TPSA) is 21.3 Å². The highest BCUT2D eigenvalue weighted by molar-refractivity contribution is 5.28. The first-order valence-electron chi connectivity index (χ1n) is 5.62. The summed E-state index contributed by atoms with van der Waals surface area (Å²) in [7, 11) is 0. The van der Waals surface area contributed by atoms with E-state index in [9.17, 15) is 17.6 Å². The van der Waals surface area contributed by atoms with Crippen molar-refractivity contribution in [1.82, 2.24) is 5.32 Å². The standard InChI is InChI=1S/C12H15F4NO/c1-7(2)17-4-3-5-18-12-10(15)8(13)6-9(14)11(12)16/h6-7,17H,3-5H2,1-2H3. The molecule has 0 atom stereocenters. The van der Waals surface area contributed by atoms with Crippen molar-refractivity contribution < 1.29 is 22.3 Å². The van der Waals surface area contributed by atoms with Gasteiger partial charge in [-0.15, -0.1) is 0 Å². The number of hydrogen-bond donors (Lipinski definition) is 1. The SMILES string of the molecule is CC(C)NCCCOc1c(F)c(F)cc(F)c1F. The molecule has 0 radical (unpaired) electrons. The van der Waals surface area contributed by atoms with Crippen molar-refractivity contribution in [3.63, 3.8) is 0 Å². The van der Waals surface area contributed by atoms with Crippen LogP contribution in [0.1, 0.15) is 20.3 Å². The zero-order chi connectivity index (χ0) is 13.7. The third-order valence-electron chi connectivity index (χ3n) is 2.19. The van der Waals surface area contributed by atoms with Crippen molar-refractivity contribution in [1.29, 1.82) is 0 Å². The Balaban J connectivity index is 2.57. The Labute approximate surface area is 103 Å². The normalized spacial score (nSPS) is 11.1. The van der Waals surface area contributed by atoms with E-state index >= 15 is 0 Å². The molecule has 1 aromatic carbocycles. The second-order valence-corrected chi connectivity index (χ2v) is 4.11. The minimum absolute atomic E-state index is 0.0313. The Morgan fingerprint density at radius 1 is 1.11 bits per heavy atom. The van der Waals surface area contributed by atoms with Gasteiger partial charge in [-0.2, -0.15) is 8.78 Å². The van der Waals surface area contributed by atoms with Gasteiger partial charge in [0, 0.05) is 12.1 Å². The number of halogens is 4. The van der Waals surface area contributed by atoms with E-state index in [1.807, 2.05) is 13.8 Å². The van der Waals surface area contributed by atoms with Crippen LogP contribution in [0.5, 0.6) is 5.75 Å². The molecule has 102 valence electrons. The highest BCUT2D eigenvalue weighted by Gasteiger charge is 2.20. The van der Waals surface area contributed by atoms with Gasteiger partial charge in [0.25, 0.3) is 0 Å². The summed E-state index contributed by atoms with van der Waals surface area (Å²) >= 11 is 0. The summed E-state index contributed by atoms with van der Waals surface area (Å²) in [6.45, 7) is 4.44. The van der Waals surface area contributed by atoms with Gasteiger partial charge in [-0.05, 0) is 13.0 Å². The van der Waals surface area contributed by atoms with E-state index in [0.717, 1.165) is 0 Å². The number of hydrogen-bond acceptors (Lipinski definition) is 2. The molecule has 0 bridgehead atoms. The van der Waals surface area contributed by atoms with Gasteiger partial charge in [-0.3, -0.25) is 0 Å². The lowest BCUT2D eigenvalue weighted by molar-refractivity contribution is 0.265. The van der Waals surface area contributed by atoms with Crippen molar-refractivity contribution in [2.24, 2.45) is 0 Å². The average Bonchev–Trinajstić information content (AvgIpc) is 2.30. The largest absolute Gasteiger partial charge is 0.487 e. The lowest BCUT2D eigenvalue weighted by Crippen LogP contribution is -2.25. The van der Waals surface area contributed by atoms with E-state index in [1.54, 1.807) is 0 Å². The van der Waals surface area contributed by atoms with Crippen LogP contribution in [0.3, 0.4) is 0 Å². The van der Waals surface area contributed by atoms with E-state index in [2.05, 4.69) is 5.32 Å². The minimum Gasteiger partial charge on any atom is -0.487 e. The second-order valence-electron chi connectivity index (χ2n) is 4.11. The van der Waals surface area contributed by atoms with Gasteiger partial charge in [0.05, 0.1) is 6.61 Å². The monoisotopic (exact) mass is 265 g/mol. The van der Waals surface area contributed by atoms with E-state index < -0.39 is 29.0 Å². The Hall–Kier alpha value is -1.30. The quantitative estimate of drug-likeness (QED) is 0.485. The molecule has 2 nitrogen and oxygen atoms in total. The molecule has 0 amide bonds. The molecule has 0 heterocycles. The van der Waals surface area contributed by atoms with E-state index in [1.165, 1.54) is 0 Å². The molecule has 0 unspecified atom stereocenters. The maximum atomic E-state index is 13.2. The average molecular weight is 265 g/mol. The van der Waals surface area contributed by atoms with Gasteiger partial charge in [0.1, 0.15) is 0 Å². The van der Waals surface area contributed by atoms with Gasteiger partial charge < -0.3 is 10.1 Å². The summed E-state index contributed by atoms with van der Waals surface area (Å²) in [5, 5.41) is 3.07. The molecule has 0 fully saturated rings. The number of benzene rings is 1. The zero-order valence-corrected chi connectivity index (χ0v) is 10.2. The van der Waals surface area contributed by atoms with E-state index in [4.69, 9.17) is 4.74 Å². The van der Waals surface area contributed by atoms with Crippen molar-refractivity contribution in [3.05, 3.63) is 29.3 Å². The van der Waals surface area contributed by atoms with Crippen LogP contribution in [0.25, 0.3) is 0 Å². The summed E-state index contributed by atoms with van der Waals surface area (Å²) in [4.78, 5) is 0. The van der Waals surface area contributed by atoms with Crippen molar-refractivity contribution in [2.75, 3.05) is 13.2 Å². The first-order valence-corrected chi connectivity index (χ1v) is 5.62. The Morgan fingerprint density at radius 2 is 1.67 bits per heavy atom. The van der Waals surface area contributed by atoms with E-state index in [0.29, 0.717) is 13.0 Å². The molecule has 1 aromatic rings. The smallest absolute Gasteiger partial charge is 0.203 e. The van der Waals surface area contributed by atoms with Crippen LogP contribution in [-0.4, -0.2) is 19.2 Å². The van der Waals surface area contributed by atoms with Crippen LogP contribution in [0.2, 0.25) is 0 Å². The van der Waals surface area contributed by atoms with Crippen LogP contribution >= 0.6 is 0 Å². The zero-order valence-electron chi connectivity index (χ0n) is 10.2. The molecule has 0 saturated carbocycles. The molecule has 0 aliphatic rings. The molecular formula is C12H15F4NO. The molecule has 18 heavy (non-hydrogen) atoms. The second kappa shape index (κ2) is 6.58. The molecule has 0 saturated heterocycles. The highest BCUT2D eigenvalue weighted by atomic mass is 19.2. The Bertz CT molecular complexity index is 383. The molecule has 0 spiro atoms. The molecule has 1 rings (SSSR count). The summed E-state index contributed by atoms with van der Waals surface area (Å²) < 4.78 is 56.7. The van der Waals surface area contributed by atoms with Crippen molar-refractivity contribution in [3.8, 4) is 5.75 Å². The number of ether oxygens (including phenoxy) is 1. The highest BCUT2D eigenvalue weighted by Crippen LogP contribution is 2.26. The van der Waals surface area contributed by atoms with E-state index in [-0.39, 0.29) is 18.7 Å². The first kappa shape index (κ1) is 14.8. The van der Waals surface area contributed by atoms with Crippen LogP contribution in [-0.2, 0) is 0 Å². The Kier molecular flexibility index (Phi) is 5.40. The predicted octanol–water partition coefficient (Wildman–Crippen LogP) is 3.01. The van der Waals surface area contributed by atoms with Crippen LogP contribution in [0.4, 0.5) is 17.6 Å². The third-order valence-corrected chi connectivity index (χ3v) is 2.19. The first-order chi connectivity index (χ1) is 8.43. The minimum atomic E-state index is -1.51. The fourth-order valence-electron chi connectivity index (χ4n) is 1.32. The lowest BCUT2D eigenvalue weighted by Gasteiger charge is -2.11. The maximum absolute atomic E-state index is 13.2. The maximum Gasteiger partial charge on any atom is 0.203 e. The van der Waals surface area contributed by atoms with Gasteiger partial charge in [0.15, 0.2) is 17.4 Å². The fourth-order valence-corrected chi connectivity index (χ4v) is 1.32. The van der Waals surface area contributed by atoms with Gasteiger partial charge in [-0.1, -0.05) is 13.8 Å². The third kappa shape index (κ3) is 3.87. The van der Waals surface area contributed by atoms with Crippen molar-refractivity contribution >= 4 is 0 Å². The molecule has 0 aromatic heterocycles. The molecular weight excluding hydrogens is 250 g/mol. The lowest BCUT2D eigenvalue weighted by atomic mass is 10.3. The van der Waals surface area contributed by atoms with Crippen molar-refractivity contribution in [2.45, 2.75) is 26.3 Å². The number of nitrogens with one attached hydrogen (secondary N) is 1. The molecule has 0 aliphatic heterocycles. The van der Waals surface area contributed by atoms with Crippen LogP contribution in [0, 0.1) is 23.3 Å². The van der Waals surface area contributed by atoms with Gasteiger partial charge in [0.2, 0.25) is 11.6 Å². The number of rotatable bonds is 6.